The summed E-state index contributed by atoms with van der Waals surface area (Å²) in [5.41, 5.74) is 0.101. The third-order valence-electron chi connectivity index (χ3n) is 5.78. The lowest BCUT2D eigenvalue weighted by Gasteiger charge is -2.62. The maximum absolute atomic E-state index is 12.5. The average Bonchev–Trinajstić information content (AvgIpc) is 3.15. The number of carbonyl (C=O) groups excluding carboxylic acids is 1. The summed E-state index contributed by atoms with van der Waals surface area (Å²) in [5, 5.41) is 0.0118. The van der Waals surface area contributed by atoms with Crippen molar-refractivity contribution in [3.05, 3.63) is 47.0 Å². The van der Waals surface area contributed by atoms with Gasteiger partial charge in [0.15, 0.2) is 11.1 Å². The molecule has 5 heteroatoms. The van der Waals surface area contributed by atoms with Gasteiger partial charge in [0.05, 0.1) is 6.61 Å². The second kappa shape index (κ2) is 4.28. The Morgan fingerprint density at radius 1 is 1.18 bits per heavy atom. The van der Waals surface area contributed by atoms with Crippen LogP contribution in [0.2, 0.25) is 5.02 Å². The molecule has 2 saturated heterocycles. The summed E-state index contributed by atoms with van der Waals surface area (Å²) in [6.07, 6.45) is 5.68. The summed E-state index contributed by atoms with van der Waals surface area (Å²) in [7, 11) is 0. The lowest BCUT2D eigenvalue weighted by Crippen LogP contribution is -2.78. The van der Waals surface area contributed by atoms with Crippen molar-refractivity contribution < 1.29 is 9.53 Å². The van der Waals surface area contributed by atoms with Gasteiger partial charge in [0.25, 0.3) is 0 Å². The third kappa shape index (κ3) is 1.41. The minimum Gasteiger partial charge on any atom is -0.349 e. The largest absolute Gasteiger partial charge is 0.349 e. The van der Waals surface area contributed by atoms with E-state index in [1.54, 1.807) is 0 Å². The molecular weight excluding hydrogens is 321 g/mol. The van der Waals surface area contributed by atoms with Gasteiger partial charge in [-0.1, -0.05) is 35.9 Å². The highest BCUT2D eigenvalue weighted by Crippen LogP contribution is 2.58. The van der Waals surface area contributed by atoms with Crippen LogP contribution in [0.3, 0.4) is 0 Å². The van der Waals surface area contributed by atoms with Gasteiger partial charge in [-0.25, -0.2) is 0 Å². The molecule has 0 spiro atoms. The number of carbonyl (C=O) groups is 1. The van der Waals surface area contributed by atoms with Gasteiger partial charge in [0.2, 0.25) is 5.91 Å². The smallest absolute Gasteiger partial charge is 0.248 e. The van der Waals surface area contributed by atoms with Gasteiger partial charge in [0, 0.05) is 22.5 Å². The molecule has 22 heavy (non-hydrogen) atoms. The Morgan fingerprint density at radius 3 is 2.68 bits per heavy atom. The third-order valence-corrected chi connectivity index (χ3v) is 6.52. The molecule has 3 nitrogen and oxygen atoms in total. The van der Waals surface area contributed by atoms with E-state index in [2.05, 4.69) is 12.2 Å². The maximum Gasteiger partial charge on any atom is 0.248 e. The van der Waals surface area contributed by atoms with Gasteiger partial charge in [-0.2, -0.15) is 0 Å². The predicted octanol–water partition coefficient (Wildman–Crippen LogP) is 3.16. The zero-order chi connectivity index (χ0) is 15.1. The number of ether oxygens (including phenoxy) is 1. The van der Waals surface area contributed by atoms with Crippen molar-refractivity contribution in [2.45, 2.75) is 23.6 Å². The summed E-state index contributed by atoms with van der Waals surface area (Å²) in [6, 6.07) is 7.71. The SMILES string of the molecule is O=C1[C@H](Cl)[C@]2(c3ccc(Cl)cc3)OC[C@@H]3[C@@H]([C@@H]4C=C[C@H]3C4)N12. The molecule has 3 fully saturated rings. The molecule has 6 atom stereocenters. The quantitative estimate of drug-likeness (QED) is 0.448. The fourth-order valence-corrected chi connectivity index (χ4v) is 5.33. The van der Waals surface area contributed by atoms with Crippen LogP contribution >= 0.6 is 23.2 Å². The van der Waals surface area contributed by atoms with Crippen molar-refractivity contribution in [1.29, 1.82) is 0 Å². The molecule has 1 amide bonds. The Labute approximate surface area is 138 Å². The molecule has 0 N–H and O–H groups in total. The molecule has 1 saturated carbocycles. The first-order valence-corrected chi connectivity index (χ1v) is 8.50. The highest BCUT2D eigenvalue weighted by Gasteiger charge is 2.70. The number of fused-ring (bicyclic) bond motifs is 7. The lowest BCUT2D eigenvalue weighted by atomic mass is 9.77. The Bertz CT molecular complexity index is 688. The van der Waals surface area contributed by atoms with Crippen molar-refractivity contribution in [2.75, 3.05) is 6.61 Å². The summed E-state index contributed by atoms with van der Waals surface area (Å²) in [5.74, 6) is 1.38. The Morgan fingerprint density at radius 2 is 1.91 bits per heavy atom. The molecule has 2 heterocycles. The zero-order valence-electron chi connectivity index (χ0n) is 11.8. The highest BCUT2D eigenvalue weighted by molar-refractivity contribution is 6.34. The second-order valence-electron chi connectivity index (χ2n) is 6.69. The van der Waals surface area contributed by atoms with Crippen LogP contribution in [-0.2, 0) is 15.3 Å². The number of rotatable bonds is 1. The van der Waals surface area contributed by atoms with E-state index >= 15 is 0 Å². The molecule has 0 unspecified atom stereocenters. The topological polar surface area (TPSA) is 29.5 Å². The molecule has 0 aromatic heterocycles. The van der Waals surface area contributed by atoms with Crippen LogP contribution in [-0.4, -0.2) is 28.8 Å². The standard InChI is InChI=1S/C17H15Cl2NO2/c18-12-5-3-11(4-6-12)17-15(19)16(21)20(17)14-10-2-1-9(7-10)13(14)8-22-17/h1-6,9-10,13-15H,7-8H2/t9-,10+,13-,14+,15-,17-/m0/s1. The average molecular weight is 336 g/mol. The first-order valence-electron chi connectivity index (χ1n) is 7.68. The van der Waals surface area contributed by atoms with Gasteiger partial charge in [-0.05, 0) is 30.4 Å². The fourth-order valence-electron chi connectivity index (χ4n) is 4.80. The number of hydrogen-bond acceptors (Lipinski definition) is 2. The van der Waals surface area contributed by atoms with Gasteiger partial charge < -0.3 is 9.64 Å². The highest BCUT2D eigenvalue weighted by atomic mass is 35.5. The van der Waals surface area contributed by atoms with Crippen LogP contribution in [0.1, 0.15) is 12.0 Å². The number of amides is 1. The molecule has 114 valence electrons. The number of β-lactam (4-membered cyclic amide) rings is 1. The summed E-state index contributed by atoms with van der Waals surface area (Å²) in [6.45, 7) is 0.659. The van der Waals surface area contributed by atoms with E-state index in [0.29, 0.717) is 29.4 Å². The molecule has 4 aliphatic rings. The number of hydrogen-bond donors (Lipinski definition) is 0. The lowest BCUT2D eigenvalue weighted by molar-refractivity contribution is -0.269. The van der Waals surface area contributed by atoms with E-state index < -0.39 is 11.1 Å². The molecule has 5 rings (SSSR count). The zero-order valence-corrected chi connectivity index (χ0v) is 13.3. The van der Waals surface area contributed by atoms with Crippen molar-refractivity contribution >= 4 is 29.1 Å². The predicted molar refractivity (Wildman–Crippen MR) is 83.6 cm³/mol. The van der Waals surface area contributed by atoms with Crippen molar-refractivity contribution in [3.8, 4) is 0 Å². The maximum atomic E-state index is 12.5. The van der Waals surface area contributed by atoms with Crippen molar-refractivity contribution in [1.82, 2.24) is 4.90 Å². The second-order valence-corrected chi connectivity index (χ2v) is 7.56. The first-order chi connectivity index (χ1) is 10.6. The van der Waals surface area contributed by atoms with E-state index in [0.717, 1.165) is 12.0 Å². The molecule has 2 aliphatic heterocycles. The Balaban J connectivity index is 1.61. The Hall–Kier alpha value is -1.03. The van der Waals surface area contributed by atoms with Crippen LogP contribution in [0.25, 0.3) is 0 Å². The van der Waals surface area contributed by atoms with Crippen LogP contribution in [0, 0.1) is 17.8 Å². The normalized spacial score (nSPS) is 44.7. The number of benzene rings is 1. The minimum atomic E-state index is -0.817. The molecule has 1 aromatic rings. The first kappa shape index (κ1) is 13.4. The van der Waals surface area contributed by atoms with Gasteiger partial charge in [-0.3, -0.25) is 4.79 Å². The van der Waals surface area contributed by atoms with E-state index in [9.17, 15) is 4.79 Å². The van der Waals surface area contributed by atoms with Gasteiger partial charge in [-0.15, -0.1) is 11.6 Å². The summed E-state index contributed by atoms with van der Waals surface area (Å²) < 4.78 is 6.24. The van der Waals surface area contributed by atoms with Crippen LogP contribution in [0.15, 0.2) is 36.4 Å². The van der Waals surface area contributed by atoms with Crippen molar-refractivity contribution in [3.63, 3.8) is 0 Å². The molecule has 2 bridgehead atoms. The monoisotopic (exact) mass is 335 g/mol. The minimum absolute atomic E-state index is 0.00716. The van der Waals surface area contributed by atoms with Gasteiger partial charge in [0.1, 0.15) is 0 Å². The van der Waals surface area contributed by atoms with E-state index in [4.69, 9.17) is 27.9 Å². The fraction of sp³-hybridized carbons (Fsp3) is 0.471. The number of nitrogens with zero attached hydrogens (tertiary/aromatic N) is 1. The van der Waals surface area contributed by atoms with E-state index in [1.165, 1.54) is 0 Å². The molecule has 1 aromatic carbocycles. The van der Waals surface area contributed by atoms with Crippen LogP contribution in [0.5, 0.6) is 0 Å². The number of halogens is 2. The van der Waals surface area contributed by atoms with Crippen LogP contribution in [0.4, 0.5) is 0 Å². The summed E-state index contributed by atoms with van der Waals surface area (Å²) >= 11 is 12.4. The van der Waals surface area contributed by atoms with Crippen molar-refractivity contribution in [2.24, 2.45) is 17.8 Å². The molecular formula is C17H15Cl2NO2. The number of allylic oxidation sites excluding steroid dienone is 1. The molecule has 2 aliphatic carbocycles. The van der Waals surface area contributed by atoms with E-state index in [-0.39, 0.29) is 11.9 Å². The van der Waals surface area contributed by atoms with Crippen LogP contribution < -0.4 is 0 Å². The Kier molecular flexibility index (Phi) is 2.61. The number of alkyl halides is 1. The molecule has 0 radical (unpaired) electrons. The van der Waals surface area contributed by atoms with Gasteiger partial charge >= 0.3 is 0 Å². The van der Waals surface area contributed by atoms with E-state index in [1.807, 2.05) is 29.2 Å². The summed E-state index contributed by atoms with van der Waals surface area (Å²) in [4.78, 5) is 14.4.